The van der Waals surface area contributed by atoms with Gasteiger partial charge in [0.1, 0.15) is 12.0 Å². The minimum Gasteiger partial charge on any atom is -0.493 e. The summed E-state index contributed by atoms with van der Waals surface area (Å²) >= 11 is 0. The van der Waals surface area contributed by atoms with Crippen molar-refractivity contribution in [3.63, 3.8) is 0 Å². The number of hydrogen-bond donors (Lipinski definition) is 1. The van der Waals surface area contributed by atoms with E-state index in [4.69, 9.17) is 9.47 Å². The van der Waals surface area contributed by atoms with Gasteiger partial charge in [-0.2, -0.15) is 0 Å². The zero-order valence-electron chi connectivity index (χ0n) is 26.8. The van der Waals surface area contributed by atoms with Crippen molar-refractivity contribution in [1.82, 2.24) is 14.8 Å². The van der Waals surface area contributed by atoms with Crippen LogP contribution in [0.2, 0.25) is 0 Å². The van der Waals surface area contributed by atoms with Gasteiger partial charge in [-0.25, -0.2) is 0 Å². The molecule has 1 heterocycles. The highest BCUT2D eigenvalue weighted by atomic mass is 16.5. The first kappa shape index (κ1) is 33.7. The van der Waals surface area contributed by atoms with Crippen molar-refractivity contribution >= 4 is 17.9 Å². The molecule has 0 saturated heterocycles. The second kappa shape index (κ2) is 16.2. The number of nitrogens with zero attached hydrogens (tertiary/aromatic N) is 3. The molecule has 3 rings (SSSR count). The number of methoxy groups -OCH3 is 1. The average Bonchev–Trinajstić information content (AvgIpc) is 3.02. The Kier molecular flexibility index (Phi) is 12.7. The molecule has 1 amide bonds. The Bertz CT molecular complexity index is 1300. The standard InChI is InChI=1S/C35H48N4O4/c1-8-19-43-32-17-16-29(37-24-35(3,4)25-40)20-30(32)34(41)39(6)23-33(42-7)26(2)21-38(5)22-27-12-14-28(15-13-27)31-11-9-10-18-36-31/h9-18,20,25-26,33,37H,8,19,21-24H2,1-7H3/t26-,33-/m0/s1. The van der Waals surface area contributed by atoms with Gasteiger partial charge in [-0.3, -0.25) is 9.78 Å². The number of benzene rings is 2. The lowest BCUT2D eigenvalue weighted by atomic mass is 9.96. The summed E-state index contributed by atoms with van der Waals surface area (Å²) in [5.74, 6) is 0.585. The van der Waals surface area contributed by atoms with Gasteiger partial charge in [-0.1, -0.05) is 58.0 Å². The summed E-state index contributed by atoms with van der Waals surface area (Å²) in [6, 6.07) is 19.9. The average molecular weight is 589 g/mol. The van der Waals surface area contributed by atoms with Crippen LogP contribution in [0.15, 0.2) is 66.9 Å². The van der Waals surface area contributed by atoms with Gasteiger partial charge in [0, 0.05) is 63.2 Å². The summed E-state index contributed by atoms with van der Waals surface area (Å²) in [7, 11) is 5.60. The second-order valence-electron chi connectivity index (χ2n) is 12.1. The van der Waals surface area contributed by atoms with Crippen LogP contribution in [0.4, 0.5) is 5.69 Å². The van der Waals surface area contributed by atoms with Gasteiger partial charge >= 0.3 is 0 Å². The number of hydrogen-bond acceptors (Lipinski definition) is 7. The highest BCUT2D eigenvalue weighted by molar-refractivity contribution is 5.97. The van der Waals surface area contributed by atoms with E-state index in [1.165, 1.54) is 5.56 Å². The van der Waals surface area contributed by atoms with Crippen LogP contribution < -0.4 is 10.1 Å². The number of carbonyl (C=O) groups excluding carboxylic acids is 2. The molecule has 2 atom stereocenters. The minimum absolute atomic E-state index is 0.139. The van der Waals surface area contributed by atoms with Gasteiger partial charge in [0.2, 0.25) is 0 Å². The number of amides is 1. The van der Waals surface area contributed by atoms with E-state index in [1.807, 2.05) is 63.4 Å². The van der Waals surface area contributed by atoms with Gasteiger partial charge in [0.15, 0.2) is 0 Å². The normalized spacial score (nSPS) is 12.9. The van der Waals surface area contributed by atoms with Crippen molar-refractivity contribution in [1.29, 1.82) is 0 Å². The minimum atomic E-state index is -0.517. The number of pyridine rings is 1. The molecule has 1 aromatic heterocycles. The summed E-state index contributed by atoms with van der Waals surface area (Å²) in [5.41, 5.74) is 4.02. The largest absolute Gasteiger partial charge is 0.493 e. The Morgan fingerprint density at radius 2 is 1.81 bits per heavy atom. The number of nitrogens with one attached hydrogen (secondary N) is 1. The second-order valence-corrected chi connectivity index (χ2v) is 12.1. The Morgan fingerprint density at radius 1 is 1.07 bits per heavy atom. The van der Waals surface area contributed by atoms with Gasteiger partial charge in [-0.05, 0) is 55.3 Å². The SMILES string of the molecule is CCCOc1ccc(NCC(C)(C)C=O)cc1C(=O)N(C)C[C@H](OC)[C@@H](C)CN(C)Cc1ccc(-c2ccccn2)cc1. The third-order valence-electron chi connectivity index (χ3n) is 7.44. The van der Waals surface area contributed by atoms with E-state index in [0.717, 1.165) is 42.7 Å². The van der Waals surface area contributed by atoms with Gasteiger partial charge in [-0.15, -0.1) is 0 Å². The molecule has 0 spiro atoms. The third-order valence-corrected chi connectivity index (χ3v) is 7.44. The van der Waals surface area contributed by atoms with E-state index in [0.29, 0.717) is 31.0 Å². The van der Waals surface area contributed by atoms with Crippen LogP contribution in [0.5, 0.6) is 5.75 Å². The lowest BCUT2D eigenvalue weighted by molar-refractivity contribution is -0.114. The fourth-order valence-electron chi connectivity index (χ4n) is 4.86. The molecule has 0 aliphatic carbocycles. The van der Waals surface area contributed by atoms with Gasteiger partial charge in [0.05, 0.1) is 24.0 Å². The zero-order chi connectivity index (χ0) is 31.4. The Hall–Kier alpha value is -3.75. The first-order valence-electron chi connectivity index (χ1n) is 15.0. The number of ether oxygens (including phenoxy) is 2. The molecule has 0 radical (unpaired) electrons. The molecule has 2 aromatic carbocycles. The van der Waals surface area contributed by atoms with E-state index in [9.17, 15) is 9.59 Å². The molecule has 232 valence electrons. The van der Waals surface area contributed by atoms with Crippen LogP contribution >= 0.6 is 0 Å². The topological polar surface area (TPSA) is 84.0 Å². The number of aromatic nitrogens is 1. The Morgan fingerprint density at radius 3 is 2.44 bits per heavy atom. The van der Waals surface area contributed by atoms with Crippen LogP contribution in [-0.2, 0) is 16.1 Å². The molecule has 0 bridgehead atoms. The van der Waals surface area contributed by atoms with Crippen LogP contribution in [-0.4, -0.2) is 80.5 Å². The van der Waals surface area contributed by atoms with E-state index < -0.39 is 5.41 Å². The lowest BCUT2D eigenvalue weighted by Crippen LogP contribution is -2.41. The quantitative estimate of drug-likeness (QED) is 0.193. The van der Waals surface area contributed by atoms with Crippen molar-refractivity contribution in [2.45, 2.75) is 46.8 Å². The van der Waals surface area contributed by atoms with Crippen molar-refractivity contribution in [3.8, 4) is 17.0 Å². The molecule has 8 heteroatoms. The van der Waals surface area contributed by atoms with E-state index in [-0.39, 0.29) is 17.9 Å². The van der Waals surface area contributed by atoms with Gasteiger partial charge in [0.25, 0.3) is 5.91 Å². The summed E-state index contributed by atoms with van der Waals surface area (Å²) < 4.78 is 11.8. The third kappa shape index (κ3) is 10.2. The summed E-state index contributed by atoms with van der Waals surface area (Å²) in [5, 5.41) is 3.29. The highest BCUT2D eigenvalue weighted by Crippen LogP contribution is 2.26. The van der Waals surface area contributed by atoms with Crippen molar-refractivity contribution < 1.29 is 19.1 Å². The smallest absolute Gasteiger partial charge is 0.257 e. The van der Waals surface area contributed by atoms with E-state index in [1.54, 1.807) is 19.1 Å². The van der Waals surface area contributed by atoms with Crippen LogP contribution in [0, 0.1) is 11.3 Å². The maximum absolute atomic E-state index is 13.7. The number of aldehydes is 1. The molecular formula is C35H48N4O4. The fourth-order valence-corrected chi connectivity index (χ4v) is 4.86. The summed E-state index contributed by atoms with van der Waals surface area (Å²) in [4.78, 5) is 33.5. The van der Waals surface area contributed by atoms with Gasteiger partial charge < -0.3 is 29.4 Å². The maximum atomic E-state index is 13.7. The molecule has 8 nitrogen and oxygen atoms in total. The predicted molar refractivity (Wildman–Crippen MR) is 173 cm³/mol. The molecule has 0 fully saturated rings. The zero-order valence-corrected chi connectivity index (χ0v) is 26.8. The summed E-state index contributed by atoms with van der Waals surface area (Å²) in [6.45, 7) is 10.9. The fraction of sp³-hybridized carbons (Fsp3) is 0.457. The molecule has 0 saturated carbocycles. The molecule has 3 aromatic rings. The van der Waals surface area contributed by atoms with E-state index >= 15 is 0 Å². The maximum Gasteiger partial charge on any atom is 0.257 e. The van der Waals surface area contributed by atoms with Crippen molar-refractivity contribution in [2.75, 3.05) is 52.8 Å². The first-order valence-corrected chi connectivity index (χ1v) is 15.0. The Balaban J connectivity index is 1.63. The number of anilines is 1. The molecular weight excluding hydrogens is 540 g/mol. The van der Waals surface area contributed by atoms with Crippen molar-refractivity contribution in [3.05, 3.63) is 78.0 Å². The number of rotatable bonds is 17. The van der Waals surface area contributed by atoms with Crippen LogP contribution in [0.25, 0.3) is 11.3 Å². The first-order chi connectivity index (χ1) is 20.6. The van der Waals surface area contributed by atoms with E-state index in [2.05, 4.69) is 53.4 Å². The number of likely N-dealkylation sites (N-methyl/N-ethyl adjacent to an activating group) is 1. The Labute approximate surface area is 257 Å². The number of carbonyl (C=O) groups is 2. The van der Waals surface area contributed by atoms with Crippen molar-refractivity contribution in [2.24, 2.45) is 11.3 Å². The molecule has 0 aliphatic heterocycles. The monoisotopic (exact) mass is 588 g/mol. The lowest BCUT2D eigenvalue weighted by Gasteiger charge is -2.31. The molecule has 0 unspecified atom stereocenters. The molecule has 0 aliphatic rings. The predicted octanol–water partition coefficient (Wildman–Crippen LogP) is 6.03. The molecule has 1 N–H and O–H groups in total. The molecule has 43 heavy (non-hydrogen) atoms. The summed E-state index contributed by atoms with van der Waals surface area (Å²) in [6.07, 6.45) is 3.42. The van der Waals surface area contributed by atoms with Crippen LogP contribution in [0.3, 0.4) is 0 Å². The van der Waals surface area contributed by atoms with Crippen LogP contribution in [0.1, 0.15) is 50.0 Å². The highest BCUT2D eigenvalue weighted by Gasteiger charge is 2.25.